The van der Waals surface area contributed by atoms with Gasteiger partial charge in [-0.15, -0.1) is 0 Å². The van der Waals surface area contributed by atoms with E-state index in [-0.39, 0.29) is 5.54 Å². The van der Waals surface area contributed by atoms with Gasteiger partial charge >= 0.3 is 0 Å². The Labute approximate surface area is 89.5 Å². The summed E-state index contributed by atoms with van der Waals surface area (Å²) in [5.41, 5.74) is 0.980. The Hall–Kier alpha value is -0.610. The standard InChI is InChI=1S/C10H18N2OS/c1-5-11-10(3,4)8-7-14-9(12-8)13-6-2/h7,11H,5-6H2,1-4H3. The molecule has 0 bridgehead atoms. The molecule has 0 saturated carbocycles. The van der Waals surface area contributed by atoms with Crippen molar-refractivity contribution in [3.05, 3.63) is 11.1 Å². The van der Waals surface area contributed by atoms with Gasteiger partial charge in [0.15, 0.2) is 0 Å². The van der Waals surface area contributed by atoms with Gasteiger partial charge in [-0.1, -0.05) is 18.3 Å². The fourth-order valence-electron chi connectivity index (χ4n) is 1.27. The molecule has 0 aromatic carbocycles. The van der Waals surface area contributed by atoms with Crippen molar-refractivity contribution < 1.29 is 4.74 Å². The second-order valence-corrected chi connectivity index (χ2v) is 4.41. The predicted octanol–water partition coefficient (Wildman–Crippen LogP) is 2.39. The van der Waals surface area contributed by atoms with E-state index >= 15 is 0 Å². The van der Waals surface area contributed by atoms with Crippen LogP contribution in [0.15, 0.2) is 5.38 Å². The lowest BCUT2D eigenvalue weighted by Crippen LogP contribution is -2.36. The van der Waals surface area contributed by atoms with Crippen molar-refractivity contribution in [3.63, 3.8) is 0 Å². The quantitative estimate of drug-likeness (QED) is 0.817. The van der Waals surface area contributed by atoms with Gasteiger partial charge in [-0.3, -0.25) is 0 Å². The number of nitrogens with one attached hydrogen (secondary N) is 1. The fourth-order valence-corrected chi connectivity index (χ4v) is 2.16. The number of nitrogens with zero attached hydrogens (tertiary/aromatic N) is 1. The molecule has 1 N–H and O–H groups in total. The van der Waals surface area contributed by atoms with Gasteiger partial charge in [0.2, 0.25) is 0 Å². The molecular formula is C10H18N2OS. The maximum atomic E-state index is 5.34. The number of hydrogen-bond donors (Lipinski definition) is 1. The van der Waals surface area contributed by atoms with Crippen molar-refractivity contribution in [3.8, 4) is 5.19 Å². The van der Waals surface area contributed by atoms with E-state index in [9.17, 15) is 0 Å². The number of thiazole rings is 1. The summed E-state index contributed by atoms with van der Waals surface area (Å²) in [6, 6.07) is 0. The van der Waals surface area contributed by atoms with E-state index < -0.39 is 0 Å². The zero-order valence-corrected chi connectivity index (χ0v) is 10.1. The molecule has 0 aliphatic heterocycles. The first-order valence-electron chi connectivity index (χ1n) is 4.94. The molecule has 0 fully saturated rings. The molecule has 0 unspecified atom stereocenters. The lowest BCUT2D eigenvalue weighted by molar-refractivity contribution is 0.332. The van der Waals surface area contributed by atoms with Crippen molar-refractivity contribution in [2.24, 2.45) is 0 Å². The van der Waals surface area contributed by atoms with Crippen LogP contribution in [0, 0.1) is 0 Å². The monoisotopic (exact) mass is 214 g/mol. The lowest BCUT2D eigenvalue weighted by Gasteiger charge is -2.23. The van der Waals surface area contributed by atoms with Crippen LogP contribution in [0.25, 0.3) is 0 Å². The minimum absolute atomic E-state index is 0.0688. The second-order valence-electron chi connectivity index (χ2n) is 3.59. The largest absolute Gasteiger partial charge is 0.470 e. The van der Waals surface area contributed by atoms with Gasteiger partial charge in [0, 0.05) is 5.38 Å². The van der Waals surface area contributed by atoms with E-state index in [4.69, 9.17) is 4.74 Å². The van der Waals surface area contributed by atoms with Crippen LogP contribution in [0.3, 0.4) is 0 Å². The van der Waals surface area contributed by atoms with Crippen LogP contribution in [-0.2, 0) is 5.54 Å². The molecule has 1 aromatic heterocycles. The zero-order chi connectivity index (χ0) is 10.6. The number of ether oxygens (including phenoxy) is 1. The average molecular weight is 214 g/mol. The van der Waals surface area contributed by atoms with Crippen LogP contribution >= 0.6 is 11.3 Å². The molecule has 0 radical (unpaired) electrons. The minimum atomic E-state index is -0.0688. The van der Waals surface area contributed by atoms with Gasteiger partial charge in [0.05, 0.1) is 17.8 Å². The summed E-state index contributed by atoms with van der Waals surface area (Å²) in [6.45, 7) is 9.93. The highest BCUT2D eigenvalue weighted by atomic mass is 32.1. The van der Waals surface area contributed by atoms with Gasteiger partial charge in [0.25, 0.3) is 5.19 Å². The SMILES string of the molecule is CCNC(C)(C)c1csc(OCC)n1. The molecule has 0 spiro atoms. The van der Waals surface area contributed by atoms with Gasteiger partial charge < -0.3 is 10.1 Å². The number of aromatic nitrogens is 1. The first-order chi connectivity index (χ1) is 6.60. The Morgan fingerprint density at radius 1 is 1.50 bits per heavy atom. The van der Waals surface area contributed by atoms with E-state index in [1.54, 1.807) is 11.3 Å². The highest BCUT2D eigenvalue weighted by Gasteiger charge is 2.22. The minimum Gasteiger partial charge on any atom is -0.470 e. The molecule has 1 aromatic rings. The second kappa shape index (κ2) is 4.75. The normalized spacial score (nSPS) is 11.7. The molecule has 0 amide bonds. The third kappa shape index (κ3) is 2.69. The van der Waals surface area contributed by atoms with Gasteiger partial charge in [-0.2, -0.15) is 0 Å². The number of rotatable bonds is 5. The van der Waals surface area contributed by atoms with Gasteiger partial charge in [-0.25, -0.2) is 4.98 Å². The van der Waals surface area contributed by atoms with E-state index in [0.717, 1.165) is 17.4 Å². The van der Waals surface area contributed by atoms with Crippen LogP contribution in [0.5, 0.6) is 5.19 Å². The summed E-state index contributed by atoms with van der Waals surface area (Å²) in [6.07, 6.45) is 0. The molecular weight excluding hydrogens is 196 g/mol. The molecule has 4 heteroatoms. The number of hydrogen-bond acceptors (Lipinski definition) is 4. The predicted molar refractivity (Wildman–Crippen MR) is 60.0 cm³/mol. The molecule has 1 rings (SSSR count). The third-order valence-electron chi connectivity index (χ3n) is 2.01. The van der Waals surface area contributed by atoms with Crippen molar-refractivity contribution in [1.82, 2.24) is 10.3 Å². The van der Waals surface area contributed by atoms with Crippen LogP contribution in [0.4, 0.5) is 0 Å². The highest BCUT2D eigenvalue weighted by molar-refractivity contribution is 7.11. The molecule has 0 aliphatic rings. The third-order valence-corrected chi connectivity index (χ3v) is 2.76. The maximum Gasteiger partial charge on any atom is 0.273 e. The average Bonchev–Trinajstić information content (AvgIpc) is 2.54. The summed E-state index contributed by atoms with van der Waals surface area (Å²) in [5, 5.41) is 6.19. The molecule has 14 heavy (non-hydrogen) atoms. The van der Waals surface area contributed by atoms with Crippen molar-refractivity contribution >= 4 is 11.3 Å². The first kappa shape index (κ1) is 11.5. The van der Waals surface area contributed by atoms with Crippen molar-refractivity contribution in [1.29, 1.82) is 0 Å². The molecule has 0 saturated heterocycles. The summed E-state index contributed by atoms with van der Waals surface area (Å²) in [7, 11) is 0. The van der Waals surface area contributed by atoms with Gasteiger partial charge in [0.1, 0.15) is 0 Å². The first-order valence-corrected chi connectivity index (χ1v) is 5.82. The van der Waals surface area contributed by atoms with Crippen LogP contribution in [0.1, 0.15) is 33.4 Å². The smallest absolute Gasteiger partial charge is 0.273 e. The van der Waals surface area contributed by atoms with Crippen LogP contribution < -0.4 is 10.1 Å². The van der Waals surface area contributed by atoms with E-state index in [2.05, 4.69) is 31.1 Å². The maximum absolute atomic E-state index is 5.34. The topological polar surface area (TPSA) is 34.1 Å². The van der Waals surface area contributed by atoms with E-state index in [1.165, 1.54) is 0 Å². The van der Waals surface area contributed by atoms with E-state index in [1.807, 2.05) is 12.3 Å². The molecule has 1 heterocycles. The van der Waals surface area contributed by atoms with Crippen LogP contribution in [0.2, 0.25) is 0 Å². The Kier molecular flexibility index (Phi) is 3.89. The Balaban J connectivity index is 2.74. The summed E-state index contributed by atoms with van der Waals surface area (Å²) in [4.78, 5) is 4.42. The lowest BCUT2D eigenvalue weighted by atomic mass is 10.0. The molecule has 80 valence electrons. The zero-order valence-electron chi connectivity index (χ0n) is 9.26. The fraction of sp³-hybridized carbons (Fsp3) is 0.700. The van der Waals surface area contributed by atoms with Crippen molar-refractivity contribution in [2.45, 2.75) is 33.2 Å². The summed E-state index contributed by atoms with van der Waals surface area (Å²) in [5.74, 6) is 0. The molecule has 3 nitrogen and oxygen atoms in total. The van der Waals surface area contributed by atoms with Crippen LogP contribution in [-0.4, -0.2) is 18.1 Å². The van der Waals surface area contributed by atoms with Gasteiger partial charge in [-0.05, 0) is 27.3 Å². The molecule has 0 atom stereocenters. The Morgan fingerprint density at radius 3 is 2.79 bits per heavy atom. The highest BCUT2D eigenvalue weighted by Crippen LogP contribution is 2.26. The van der Waals surface area contributed by atoms with Crippen molar-refractivity contribution in [2.75, 3.05) is 13.2 Å². The summed E-state index contributed by atoms with van der Waals surface area (Å²) >= 11 is 1.55. The summed E-state index contributed by atoms with van der Waals surface area (Å²) < 4.78 is 5.34. The Bertz CT molecular complexity index is 283. The van der Waals surface area contributed by atoms with E-state index in [0.29, 0.717) is 6.61 Å². The Morgan fingerprint density at radius 2 is 2.21 bits per heavy atom. The molecule has 0 aliphatic carbocycles.